The molecule has 0 aliphatic rings. The van der Waals surface area contributed by atoms with Crippen molar-refractivity contribution < 1.29 is 9.21 Å². The number of aryl methyl sites for hydroxylation is 1. The maximum Gasteiger partial charge on any atom is 0.255 e. The van der Waals surface area contributed by atoms with Gasteiger partial charge in [0.05, 0.1) is 18.4 Å². The molecule has 0 fully saturated rings. The van der Waals surface area contributed by atoms with Crippen LogP contribution in [0.25, 0.3) is 0 Å². The first kappa shape index (κ1) is 12.0. The SMILES string of the molecule is Cc1occc1C(=O)NCC#Cc1ccccc1. The molecule has 0 saturated carbocycles. The molecular formula is C15H13NO2. The van der Waals surface area contributed by atoms with Gasteiger partial charge >= 0.3 is 0 Å². The molecule has 2 rings (SSSR count). The molecular weight excluding hydrogens is 226 g/mol. The lowest BCUT2D eigenvalue weighted by atomic mass is 10.2. The third-order valence-corrected chi connectivity index (χ3v) is 2.45. The Morgan fingerprint density at radius 1 is 1.28 bits per heavy atom. The first-order valence-corrected chi connectivity index (χ1v) is 5.63. The fourth-order valence-electron chi connectivity index (χ4n) is 1.51. The molecule has 0 aliphatic heterocycles. The molecule has 18 heavy (non-hydrogen) atoms. The second kappa shape index (κ2) is 5.74. The van der Waals surface area contributed by atoms with Gasteiger partial charge in [-0.2, -0.15) is 0 Å². The topological polar surface area (TPSA) is 42.2 Å². The zero-order chi connectivity index (χ0) is 12.8. The van der Waals surface area contributed by atoms with Crippen molar-refractivity contribution in [1.29, 1.82) is 0 Å². The lowest BCUT2D eigenvalue weighted by molar-refractivity contribution is 0.0957. The van der Waals surface area contributed by atoms with E-state index >= 15 is 0 Å². The van der Waals surface area contributed by atoms with Crippen LogP contribution in [0.4, 0.5) is 0 Å². The number of carbonyl (C=O) groups excluding carboxylic acids is 1. The van der Waals surface area contributed by atoms with Gasteiger partial charge in [-0.1, -0.05) is 30.0 Å². The Kier molecular flexibility index (Phi) is 3.83. The Labute approximate surface area is 106 Å². The second-order valence-corrected chi connectivity index (χ2v) is 3.74. The summed E-state index contributed by atoms with van der Waals surface area (Å²) in [6.07, 6.45) is 1.50. The van der Waals surface area contributed by atoms with Gasteiger partial charge in [0.2, 0.25) is 0 Å². The summed E-state index contributed by atoms with van der Waals surface area (Å²) in [6, 6.07) is 11.3. The molecule has 1 aromatic heterocycles. The molecule has 0 radical (unpaired) electrons. The maximum atomic E-state index is 11.7. The van der Waals surface area contributed by atoms with Gasteiger partial charge < -0.3 is 9.73 Å². The van der Waals surface area contributed by atoms with E-state index < -0.39 is 0 Å². The van der Waals surface area contributed by atoms with Gasteiger partial charge in [-0.25, -0.2) is 0 Å². The summed E-state index contributed by atoms with van der Waals surface area (Å²) < 4.78 is 5.06. The first-order chi connectivity index (χ1) is 8.77. The molecule has 1 heterocycles. The molecule has 0 spiro atoms. The summed E-state index contributed by atoms with van der Waals surface area (Å²) in [5.74, 6) is 6.32. The van der Waals surface area contributed by atoms with Crippen molar-refractivity contribution in [3.8, 4) is 11.8 Å². The summed E-state index contributed by atoms with van der Waals surface area (Å²) in [5.41, 5.74) is 1.49. The molecule has 0 aliphatic carbocycles. The normalized spacial score (nSPS) is 9.39. The van der Waals surface area contributed by atoms with Crippen LogP contribution in [0.1, 0.15) is 21.7 Å². The van der Waals surface area contributed by atoms with Gasteiger partial charge in [-0.05, 0) is 25.1 Å². The minimum absolute atomic E-state index is 0.163. The maximum absolute atomic E-state index is 11.7. The van der Waals surface area contributed by atoms with Gasteiger partial charge in [-0.3, -0.25) is 4.79 Å². The predicted octanol–water partition coefficient (Wildman–Crippen LogP) is 2.37. The van der Waals surface area contributed by atoms with E-state index in [9.17, 15) is 4.79 Å². The van der Waals surface area contributed by atoms with Crippen LogP contribution >= 0.6 is 0 Å². The molecule has 0 atom stereocenters. The van der Waals surface area contributed by atoms with Crippen LogP contribution in [0.15, 0.2) is 47.1 Å². The van der Waals surface area contributed by atoms with E-state index in [4.69, 9.17) is 4.42 Å². The Bertz CT molecular complexity index is 588. The highest BCUT2D eigenvalue weighted by Crippen LogP contribution is 2.07. The van der Waals surface area contributed by atoms with E-state index in [2.05, 4.69) is 17.2 Å². The van der Waals surface area contributed by atoms with E-state index in [1.807, 2.05) is 30.3 Å². The Balaban J connectivity index is 1.89. The lowest BCUT2D eigenvalue weighted by Crippen LogP contribution is -2.23. The number of nitrogens with one attached hydrogen (secondary N) is 1. The van der Waals surface area contributed by atoms with Crippen molar-refractivity contribution in [1.82, 2.24) is 5.32 Å². The molecule has 2 aromatic rings. The molecule has 3 nitrogen and oxygen atoms in total. The first-order valence-electron chi connectivity index (χ1n) is 5.63. The second-order valence-electron chi connectivity index (χ2n) is 3.74. The molecule has 1 N–H and O–H groups in total. The monoisotopic (exact) mass is 239 g/mol. The van der Waals surface area contributed by atoms with Crippen LogP contribution < -0.4 is 5.32 Å². The minimum Gasteiger partial charge on any atom is -0.469 e. The molecule has 90 valence electrons. The minimum atomic E-state index is -0.163. The van der Waals surface area contributed by atoms with Crippen molar-refractivity contribution in [2.24, 2.45) is 0 Å². The summed E-state index contributed by atoms with van der Waals surface area (Å²) in [7, 11) is 0. The number of furan rings is 1. The van der Waals surface area contributed by atoms with Crippen LogP contribution in [-0.2, 0) is 0 Å². The predicted molar refractivity (Wildman–Crippen MR) is 69.1 cm³/mol. The zero-order valence-corrected chi connectivity index (χ0v) is 10.1. The van der Waals surface area contributed by atoms with Crippen LogP contribution in [0, 0.1) is 18.8 Å². The van der Waals surface area contributed by atoms with Gasteiger partial charge in [-0.15, -0.1) is 0 Å². The molecule has 1 aromatic carbocycles. The standard InChI is InChI=1S/C15H13NO2/c1-12-14(9-11-18-12)15(17)16-10-5-8-13-6-3-2-4-7-13/h2-4,6-7,9,11H,10H2,1H3,(H,16,17). The highest BCUT2D eigenvalue weighted by atomic mass is 16.3. The number of rotatable bonds is 2. The number of hydrogen-bond donors (Lipinski definition) is 1. The third kappa shape index (κ3) is 3.02. The van der Waals surface area contributed by atoms with E-state index in [0.717, 1.165) is 5.56 Å². The Morgan fingerprint density at radius 2 is 2.06 bits per heavy atom. The highest BCUT2D eigenvalue weighted by Gasteiger charge is 2.09. The van der Waals surface area contributed by atoms with E-state index in [0.29, 0.717) is 17.9 Å². The van der Waals surface area contributed by atoms with Crippen LogP contribution in [0.2, 0.25) is 0 Å². The van der Waals surface area contributed by atoms with E-state index in [-0.39, 0.29) is 5.91 Å². The van der Waals surface area contributed by atoms with Gasteiger partial charge in [0, 0.05) is 5.56 Å². The van der Waals surface area contributed by atoms with Crippen molar-refractivity contribution in [3.05, 3.63) is 59.5 Å². The number of amides is 1. The lowest BCUT2D eigenvalue weighted by Gasteiger charge is -1.98. The third-order valence-electron chi connectivity index (χ3n) is 2.45. The number of carbonyl (C=O) groups is 1. The molecule has 3 heteroatoms. The summed E-state index contributed by atoms with van der Waals surface area (Å²) in [6.45, 7) is 2.07. The van der Waals surface area contributed by atoms with Crippen LogP contribution in [0.5, 0.6) is 0 Å². The Morgan fingerprint density at radius 3 is 2.72 bits per heavy atom. The fraction of sp³-hybridized carbons (Fsp3) is 0.133. The fourth-order valence-corrected chi connectivity index (χ4v) is 1.51. The molecule has 0 bridgehead atoms. The number of hydrogen-bond acceptors (Lipinski definition) is 2. The van der Waals surface area contributed by atoms with Gasteiger partial charge in [0.15, 0.2) is 0 Å². The smallest absolute Gasteiger partial charge is 0.255 e. The van der Waals surface area contributed by atoms with Gasteiger partial charge in [0.25, 0.3) is 5.91 Å². The quantitative estimate of drug-likeness (QED) is 0.817. The average Bonchev–Trinajstić information content (AvgIpc) is 2.82. The van der Waals surface area contributed by atoms with E-state index in [1.54, 1.807) is 13.0 Å². The molecule has 0 unspecified atom stereocenters. The van der Waals surface area contributed by atoms with E-state index in [1.165, 1.54) is 6.26 Å². The highest BCUT2D eigenvalue weighted by molar-refractivity contribution is 5.95. The van der Waals surface area contributed by atoms with Crippen molar-refractivity contribution in [3.63, 3.8) is 0 Å². The molecule has 1 amide bonds. The van der Waals surface area contributed by atoms with Crippen molar-refractivity contribution >= 4 is 5.91 Å². The zero-order valence-electron chi connectivity index (χ0n) is 10.1. The number of benzene rings is 1. The average molecular weight is 239 g/mol. The summed E-state index contributed by atoms with van der Waals surface area (Å²) in [5, 5.41) is 2.72. The largest absolute Gasteiger partial charge is 0.469 e. The van der Waals surface area contributed by atoms with Gasteiger partial charge in [0.1, 0.15) is 5.76 Å². The summed E-state index contributed by atoms with van der Waals surface area (Å²) >= 11 is 0. The van der Waals surface area contributed by atoms with Crippen LogP contribution in [-0.4, -0.2) is 12.5 Å². The van der Waals surface area contributed by atoms with Crippen LogP contribution in [0.3, 0.4) is 0 Å². The van der Waals surface area contributed by atoms with Crippen molar-refractivity contribution in [2.75, 3.05) is 6.54 Å². The molecule has 0 saturated heterocycles. The van der Waals surface area contributed by atoms with Crippen molar-refractivity contribution in [2.45, 2.75) is 6.92 Å². The Hall–Kier alpha value is -2.47. The summed E-state index contributed by atoms with van der Waals surface area (Å²) in [4.78, 5) is 11.7.